The van der Waals surface area contributed by atoms with Crippen LogP contribution in [0.5, 0.6) is 0 Å². The van der Waals surface area contributed by atoms with Crippen LogP contribution in [0.1, 0.15) is 25.7 Å². The molecule has 4 aromatic rings. The fraction of sp³-hybridized carbons (Fsp3) is 0.273. The molecule has 0 saturated heterocycles. The quantitative estimate of drug-likeness (QED) is 0.412. The van der Waals surface area contributed by atoms with Crippen molar-refractivity contribution in [1.29, 1.82) is 0 Å². The monoisotopic (exact) mass is 388 g/mol. The number of rotatable bonds is 4. The number of aromatic nitrogens is 3. The summed E-state index contributed by atoms with van der Waals surface area (Å²) in [5.74, 6) is 0.360. The SMILES string of the molecule is O=C(CSc1nnc2c3ccccc3c3ccccc3c2n1)NC1CCCC1. The Hall–Kier alpha value is -2.73. The zero-order valence-corrected chi connectivity index (χ0v) is 16.2. The molecule has 0 unspecified atom stereocenters. The minimum absolute atomic E-state index is 0.0453. The van der Waals surface area contributed by atoms with Crippen LogP contribution in [0.4, 0.5) is 0 Å². The maximum absolute atomic E-state index is 12.2. The van der Waals surface area contributed by atoms with Crippen LogP contribution in [0.15, 0.2) is 53.7 Å². The minimum Gasteiger partial charge on any atom is -0.353 e. The molecule has 0 radical (unpaired) electrons. The second-order valence-corrected chi connectivity index (χ2v) is 8.16. The molecule has 140 valence electrons. The van der Waals surface area contributed by atoms with E-state index in [1.165, 1.54) is 24.6 Å². The Bertz CT molecular complexity index is 1150. The molecule has 1 amide bonds. The number of hydrogen-bond donors (Lipinski definition) is 1. The molecule has 1 saturated carbocycles. The van der Waals surface area contributed by atoms with Crippen molar-refractivity contribution in [2.24, 2.45) is 0 Å². The van der Waals surface area contributed by atoms with E-state index < -0.39 is 0 Å². The van der Waals surface area contributed by atoms with Crippen LogP contribution in [0.2, 0.25) is 0 Å². The Labute approximate surface area is 166 Å². The lowest BCUT2D eigenvalue weighted by molar-refractivity contribution is -0.119. The highest BCUT2D eigenvalue weighted by Crippen LogP contribution is 2.33. The lowest BCUT2D eigenvalue weighted by Gasteiger charge is -2.11. The van der Waals surface area contributed by atoms with E-state index in [4.69, 9.17) is 4.98 Å². The van der Waals surface area contributed by atoms with Crippen molar-refractivity contribution in [3.63, 3.8) is 0 Å². The summed E-state index contributed by atoms with van der Waals surface area (Å²) in [7, 11) is 0. The van der Waals surface area contributed by atoms with Gasteiger partial charge in [-0.15, -0.1) is 10.2 Å². The van der Waals surface area contributed by atoms with Crippen LogP contribution in [0.25, 0.3) is 32.6 Å². The van der Waals surface area contributed by atoms with E-state index in [9.17, 15) is 4.79 Å². The highest BCUT2D eigenvalue weighted by Gasteiger charge is 2.18. The maximum Gasteiger partial charge on any atom is 0.230 e. The van der Waals surface area contributed by atoms with Crippen LogP contribution in [-0.4, -0.2) is 32.9 Å². The van der Waals surface area contributed by atoms with Gasteiger partial charge in [-0.05, 0) is 23.6 Å². The van der Waals surface area contributed by atoms with Gasteiger partial charge in [-0.25, -0.2) is 4.98 Å². The summed E-state index contributed by atoms with van der Waals surface area (Å²) in [5, 5.41) is 16.8. The number of carbonyl (C=O) groups excluding carboxylic acids is 1. The summed E-state index contributed by atoms with van der Waals surface area (Å²) in [6, 6.07) is 16.8. The van der Waals surface area contributed by atoms with Crippen LogP contribution < -0.4 is 5.32 Å². The predicted molar refractivity (Wildman–Crippen MR) is 113 cm³/mol. The molecule has 6 heteroatoms. The molecular formula is C22H20N4OS. The maximum atomic E-state index is 12.2. The second kappa shape index (κ2) is 7.36. The Morgan fingerprint density at radius 3 is 2.18 bits per heavy atom. The van der Waals surface area contributed by atoms with Crippen molar-refractivity contribution in [3.05, 3.63) is 48.5 Å². The number of hydrogen-bond acceptors (Lipinski definition) is 5. The molecule has 28 heavy (non-hydrogen) atoms. The fourth-order valence-corrected chi connectivity index (χ4v) is 4.66. The third-order valence-corrected chi connectivity index (χ3v) is 6.21. The standard InChI is InChI=1S/C22H20N4OS/c27-19(23-14-7-1-2-8-14)13-28-22-24-20-17-11-5-3-9-15(17)16-10-4-6-12-18(16)21(20)25-26-22/h3-6,9-12,14H,1-2,7-8,13H2,(H,23,27). The lowest BCUT2D eigenvalue weighted by atomic mass is 10.00. The van der Waals surface area contributed by atoms with Gasteiger partial charge in [0, 0.05) is 16.8 Å². The van der Waals surface area contributed by atoms with Gasteiger partial charge in [0.25, 0.3) is 0 Å². The second-order valence-electron chi connectivity index (χ2n) is 7.22. The van der Waals surface area contributed by atoms with E-state index in [1.807, 2.05) is 24.3 Å². The number of carbonyl (C=O) groups is 1. The van der Waals surface area contributed by atoms with Gasteiger partial charge in [-0.2, -0.15) is 0 Å². The van der Waals surface area contributed by atoms with Crippen molar-refractivity contribution in [1.82, 2.24) is 20.5 Å². The summed E-state index contributed by atoms with van der Waals surface area (Å²) in [4.78, 5) is 17.0. The first-order valence-corrected chi connectivity index (χ1v) is 10.6. The molecule has 0 bridgehead atoms. The van der Waals surface area contributed by atoms with Gasteiger partial charge in [0.1, 0.15) is 11.0 Å². The molecule has 5 nitrogen and oxygen atoms in total. The van der Waals surface area contributed by atoms with Gasteiger partial charge < -0.3 is 5.32 Å². The third kappa shape index (κ3) is 3.18. The van der Waals surface area contributed by atoms with E-state index in [2.05, 4.69) is 39.8 Å². The number of benzene rings is 3. The minimum atomic E-state index is 0.0453. The molecule has 1 fully saturated rings. The topological polar surface area (TPSA) is 67.8 Å². The first kappa shape index (κ1) is 17.4. The smallest absolute Gasteiger partial charge is 0.230 e. The summed E-state index contributed by atoms with van der Waals surface area (Å²) < 4.78 is 0. The molecule has 0 spiro atoms. The first-order valence-electron chi connectivity index (χ1n) is 9.65. The Morgan fingerprint density at radius 1 is 0.893 bits per heavy atom. The van der Waals surface area contributed by atoms with Gasteiger partial charge in [-0.3, -0.25) is 4.79 Å². The van der Waals surface area contributed by atoms with Crippen LogP contribution in [0, 0.1) is 0 Å². The average molecular weight is 388 g/mol. The number of thioether (sulfide) groups is 1. The van der Waals surface area contributed by atoms with Crippen LogP contribution >= 0.6 is 11.8 Å². The van der Waals surface area contributed by atoms with E-state index in [-0.39, 0.29) is 5.91 Å². The lowest BCUT2D eigenvalue weighted by Crippen LogP contribution is -2.33. The molecule has 1 aliphatic carbocycles. The zero-order valence-electron chi connectivity index (χ0n) is 15.4. The van der Waals surface area contributed by atoms with E-state index in [0.717, 1.165) is 45.4 Å². The molecular weight excluding hydrogens is 368 g/mol. The summed E-state index contributed by atoms with van der Waals surface area (Å²) in [5.41, 5.74) is 1.64. The van der Waals surface area contributed by atoms with Crippen molar-refractivity contribution < 1.29 is 4.79 Å². The molecule has 0 atom stereocenters. The van der Waals surface area contributed by atoms with Gasteiger partial charge in [-0.1, -0.05) is 73.1 Å². The van der Waals surface area contributed by atoms with E-state index in [0.29, 0.717) is 17.0 Å². The normalized spacial score (nSPS) is 14.9. The largest absolute Gasteiger partial charge is 0.353 e. The number of nitrogens with one attached hydrogen (secondary N) is 1. The molecule has 1 aromatic heterocycles. The van der Waals surface area contributed by atoms with Crippen LogP contribution in [-0.2, 0) is 4.79 Å². The summed E-state index contributed by atoms with van der Waals surface area (Å²) in [6.45, 7) is 0. The molecule has 3 aromatic carbocycles. The van der Waals surface area contributed by atoms with Crippen molar-refractivity contribution >= 4 is 50.2 Å². The third-order valence-electron chi connectivity index (χ3n) is 5.37. The molecule has 1 N–H and O–H groups in total. The molecule has 0 aliphatic heterocycles. The number of nitrogens with zero attached hydrogens (tertiary/aromatic N) is 3. The zero-order chi connectivity index (χ0) is 18.9. The van der Waals surface area contributed by atoms with Gasteiger partial charge in [0.2, 0.25) is 11.1 Å². The molecule has 5 rings (SSSR count). The first-order chi connectivity index (χ1) is 13.8. The summed E-state index contributed by atoms with van der Waals surface area (Å²) in [6.07, 6.45) is 4.58. The highest BCUT2D eigenvalue weighted by molar-refractivity contribution is 7.99. The average Bonchev–Trinajstić information content (AvgIpc) is 3.25. The van der Waals surface area contributed by atoms with Gasteiger partial charge in [0.15, 0.2) is 0 Å². The van der Waals surface area contributed by atoms with Crippen LogP contribution in [0.3, 0.4) is 0 Å². The van der Waals surface area contributed by atoms with E-state index in [1.54, 1.807) is 0 Å². The highest BCUT2D eigenvalue weighted by atomic mass is 32.2. The Morgan fingerprint density at radius 2 is 1.50 bits per heavy atom. The Balaban J connectivity index is 1.49. The predicted octanol–water partition coefficient (Wildman–Crippen LogP) is 4.48. The number of amides is 1. The van der Waals surface area contributed by atoms with Crippen molar-refractivity contribution in [2.75, 3.05) is 5.75 Å². The van der Waals surface area contributed by atoms with Gasteiger partial charge in [0.05, 0.1) is 5.75 Å². The molecule has 1 aliphatic rings. The van der Waals surface area contributed by atoms with E-state index >= 15 is 0 Å². The van der Waals surface area contributed by atoms with Crippen molar-refractivity contribution in [2.45, 2.75) is 36.9 Å². The fourth-order valence-electron chi connectivity index (χ4n) is 4.06. The van der Waals surface area contributed by atoms with Gasteiger partial charge >= 0.3 is 0 Å². The van der Waals surface area contributed by atoms with Crippen molar-refractivity contribution in [3.8, 4) is 0 Å². The summed E-state index contributed by atoms with van der Waals surface area (Å²) >= 11 is 1.34. The molecule has 1 heterocycles. The Kier molecular flexibility index (Phi) is 4.56. The number of fused-ring (bicyclic) bond motifs is 6.